The lowest BCUT2D eigenvalue weighted by molar-refractivity contribution is -0.119. The van der Waals surface area contributed by atoms with Crippen LogP contribution in [0, 0.1) is 0 Å². The van der Waals surface area contributed by atoms with E-state index < -0.39 is 0 Å². The molecule has 0 saturated carbocycles. The van der Waals surface area contributed by atoms with Crippen LogP contribution in [0.15, 0.2) is 10.7 Å². The molecule has 1 aromatic rings. The van der Waals surface area contributed by atoms with Crippen LogP contribution in [0.2, 0.25) is 0 Å². The molecule has 1 heterocycles. The molecule has 16 heavy (non-hydrogen) atoms. The van der Waals surface area contributed by atoms with Gasteiger partial charge in [-0.25, -0.2) is 9.97 Å². The highest BCUT2D eigenvalue weighted by Crippen LogP contribution is 2.12. The van der Waals surface area contributed by atoms with E-state index in [1.54, 1.807) is 6.07 Å². The molecule has 0 fully saturated rings. The van der Waals surface area contributed by atoms with Gasteiger partial charge in [0, 0.05) is 19.0 Å². The number of hydrogen-bond donors (Lipinski definition) is 2. The molecule has 1 amide bonds. The van der Waals surface area contributed by atoms with E-state index in [1.807, 2.05) is 13.8 Å². The molecule has 5 nitrogen and oxygen atoms in total. The molecule has 0 radical (unpaired) electrons. The number of carbonyl (C=O) groups is 1. The first-order chi connectivity index (χ1) is 7.65. The summed E-state index contributed by atoms with van der Waals surface area (Å²) in [5, 5.41) is 5.65. The minimum absolute atomic E-state index is 0.0460. The Morgan fingerprint density at radius 3 is 2.81 bits per heavy atom. The third-order valence-corrected chi connectivity index (χ3v) is 2.27. The molecule has 6 heteroatoms. The minimum atomic E-state index is -0.0460. The summed E-state index contributed by atoms with van der Waals surface area (Å²) >= 11 is 3.30. The fraction of sp³-hybridized carbons (Fsp3) is 0.500. The maximum atomic E-state index is 11.2. The second-order valence-corrected chi connectivity index (χ2v) is 3.97. The lowest BCUT2D eigenvalue weighted by Gasteiger charge is -2.07. The van der Waals surface area contributed by atoms with Gasteiger partial charge in [0.05, 0.1) is 6.54 Å². The van der Waals surface area contributed by atoms with Crippen molar-refractivity contribution in [1.82, 2.24) is 15.3 Å². The fourth-order valence-corrected chi connectivity index (χ4v) is 1.57. The van der Waals surface area contributed by atoms with Crippen molar-refractivity contribution in [2.45, 2.75) is 20.3 Å². The van der Waals surface area contributed by atoms with Gasteiger partial charge in [0.1, 0.15) is 16.2 Å². The van der Waals surface area contributed by atoms with E-state index in [2.05, 4.69) is 36.5 Å². The van der Waals surface area contributed by atoms with Crippen LogP contribution >= 0.6 is 15.9 Å². The Morgan fingerprint density at radius 1 is 1.44 bits per heavy atom. The van der Waals surface area contributed by atoms with Crippen molar-refractivity contribution in [3.05, 3.63) is 16.5 Å². The van der Waals surface area contributed by atoms with E-state index >= 15 is 0 Å². The molecule has 0 atom stereocenters. The Kier molecular flexibility index (Phi) is 5.18. The molecule has 0 spiro atoms. The summed E-state index contributed by atoms with van der Waals surface area (Å²) in [6.45, 7) is 4.72. The zero-order chi connectivity index (χ0) is 12.0. The highest BCUT2D eigenvalue weighted by Gasteiger charge is 2.03. The summed E-state index contributed by atoms with van der Waals surface area (Å²) in [7, 11) is 0. The van der Waals surface area contributed by atoms with E-state index in [0.717, 1.165) is 16.8 Å². The SMILES string of the molecule is CCNC(=O)CNc1cc(Br)nc(CC)n1. The summed E-state index contributed by atoms with van der Waals surface area (Å²) in [5.41, 5.74) is 0. The second kappa shape index (κ2) is 6.42. The van der Waals surface area contributed by atoms with E-state index in [1.165, 1.54) is 0 Å². The number of aromatic nitrogens is 2. The first kappa shape index (κ1) is 12.9. The number of nitrogens with one attached hydrogen (secondary N) is 2. The van der Waals surface area contributed by atoms with Gasteiger partial charge in [-0.1, -0.05) is 6.92 Å². The van der Waals surface area contributed by atoms with Gasteiger partial charge in [-0.2, -0.15) is 0 Å². The van der Waals surface area contributed by atoms with Crippen LogP contribution in [-0.2, 0) is 11.2 Å². The van der Waals surface area contributed by atoms with Gasteiger partial charge in [-0.3, -0.25) is 4.79 Å². The molecule has 0 saturated heterocycles. The first-order valence-electron chi connectivity index (χ1n) is 5.19. The molecule has 0 unspecified atom stereocenters. The number of hydrogen-bond acceptors (Lipinski definition) is 4. The van der Waals surface area contributed by atoms with Crippen LogP contribution in [0.5, 0.6) is 0 Å². The molecular weight excluding hydrogens is 272 g/mol. The average molecular weight is 287 g/mol. The molecule has 2 N–H and O–H groups in total. The van der Waals surface area contributed by atoms with E-state index in [9.17, 15) is 4.79 Å². The molecule has 0 bridgehead atoms. The maximum Gasteiger partial charge on any atom is 0.239 e. The predicted molar refractivity (Wildman–Crippen MR) is 66.3 cm³/mol. The number of rotatable bonds is 5. The highest BCUT2D eigenvalue weighted by molar-refractivity contribution is 9.10. The minimum Gasteiger partial charge on any atom is -0.361 e. The zero-order valence-electron chi connectivity index (χ0n) is 9.38. The summed E-state index contributed by atoms with van der Waals surface area (Å²) in [6, 6.07) is 1.75. The third kappa shape index (κ3) is 4.14. The van der Waals surface area contributed by atoms with Crippen LogP contribution < -0.4 is 10.6 Å². The smallest absolute Gasteiger partial charge is 0.239 e. The van der Waals surface area contributed by atoms with Crippen molar-refractivity contribution in [2.75, 3.05) is 18.4 Å². The molecule has 0 aliphatic heterocycles. The number of nitrogens with zero attached hydrogens (tertiary/aromatic N) is 2. The van der Waals surface area contributed by atoms with Crippen molar-refractivity contribution < 1.29 is 4.79 Å². The van der Waals surface area contributed by atoms with Gasteiger partial charge in [0.15, 0.2) is 0 Å². The van der Waals surface area contributed by atoms with Crippen molar-refractivity contribution in [1.29, 1.82) is 0 Å². The maximum absolute atomic E-state index is 11.2. The lowest BCUT2D eigenvalue weighted by atomic mass is 10.4. The number of amides is 1. The number of aryl methyl sites for hydroxylation is 1. The van der Waals surface area contributed by atoms with Gasteiger partial charge in [0.25, 0.3) is 0 Å². The standard InChI is InChI=1S/C10H15BrN4O/c1-3-8-14-7(11)5-9(15-8)13-6-10(16)12-4-2/h5H,3-4,6H2,1-2H3,(H,12,16)(H,13,14,15). The fourth-order valence-electron chi connectivity index (χ4n) is 1.14. The Balaban J connectivity index is 2.59. The zero-order valence-corrected chi connectivity index (χ0v) is 11.0. The van der Waals surface area contributed by atoms with Crippen LogP contribution in [0.4, 0.5) is 5.82 Å². The molecule has 88 valence electrons. The average Bonchev–Trinajstić information content (AvgIpc) is 2.26. The van der Waals surface area contributed by atoms with Crippen molar-refractivity contribution in [3.63, 3.8) is 0 Å². The molecule has 1 rings (SSSR count). The molecule has 0 aliphatic carbocycles. The Hall–Kier alpha value is -1.17. The summed E-state index contributed by atoms with van der Waals surface area (Å²) < 4.78 is 0.720. The molecule has 0 aromatic carbocycles. The Morgan fingerprint density at radius 2 is 2.19 bits per heavy atom. The summed E-state index contributed by atoms with van der Waals surface area (Å²) in [4.78, 5) is 19.7. The summed E-state index contributed by atoms with van der Waals surface area (Å²) in [5.74, 6) is 1.35. The predicted octanol–water partition coefficient (Wildman–Crippen LogP) is 1.35. The third-order valence-electron chi connectivity index (χ3n) is 1.86. The monoisotopic (exact) mass is 286 g/mol. The van der Waals surface area contributed by atoms with Crippen LogP contribution in [0.1, 0.15) is 19.7 Å². The van der Waals surface area contributed by atoms with Crippen LogP contribution in [0.3, 0.4) is 0 Å². The number of halogens is 1. The van der Waals surface area contributed by atoms with Gasteiger partial charge < -0.3 is 10.6 Å². The van der Waals surface area contributed by atoms with Gasteiger partial charge >= 0.3 is 0 Å². The molecular formula is C10H15BrN4O. The van der Waals surface area contributed by atoms with E-state index in [4.69, 9.17) is 0 Å². The summed E-state index contributed by atoms with van der Waals surface area (Å²) in [6.07, 6.45) is 0.759. The number of anilines is 1. The molecule has 1 aromatic heterocycles. The first-order valence-corrected chi connectivity index (χ1v) is 5.99. The van der Waals surface area contributed by atoms with Gasteiger partial charge in [0.2, 0.25) is 5.91 Å². The normalized spacial score (nSPS) is 9.94. The van der Waals surface area contributed by atoms with Gasteiger partial charge in [-0.05, 0) is 22.9 Å². The van der Waals surface area contributed by atoms with Gasteiger partial charge in [-0.15, -0.1) is 0 Å². The topological polar surface area (TPSA) is 66.9 Å². The Labute approximate surface area is 103 Å². The van der Waals surface area contributed by atoms with Crippen molar-refractivity contribution in [3.8, 4) is 0 Å². The number of likely N-dealkylation sites (N-methyl/N-ethyl adjacent to an activating group) is 1. The van der Waals surface area contributed by atoms with Crippen LogP contribution in [0.25, 0.3) is 0 Å². The highest BCUT2D eigenvalue weighted by atomic mass is 79.9. The quantitative estimate of drug-likeness (QED) is 0.802. The van der Waals surface area contributed by atoms with Crippen molar-refractivity contribution >= 4 is 27.7 Å². The van der Waals surface area contributed by atoms with E-state index in [-0.39, 0.29) is 12.5 Å². The van der Waals surface area contributed by atoms with E-state index in [0.29, 0.717) is 12.4 Å². The van der Waals surface area contributed by atoms with Crippen molar-refractivity contribution in [2.24, 2.45) is 0 Å². The number of carbonyl (C=O) groups excluding carboxylic acids is 1. The largest absolute Gasteiger partial charge is 0.361 e. The van der Waals surface area contributed by atoms with Crippen LogP contribution in [-0.4, -0.2) is 29.0 Å². The second-order valence-electron chi connectivity index (χ2n) is 3.15. The Bertz CT molecular complexity index is 370. The molecule has 0 aliphatic rings. The lowest BCUT2D eigenvalue weighted by Crippen LogP contribution is -2.29.